The summed E-state index contributed by atoms with van der Waals surface area (Å²) in [5.74, 6) is -1.80. The number of piperazine rings is 1. The number of halogens is 3. The molecule has 3 amide bonds. The van der Waals surface area contributed by atoms with E-state index >= 15 is 0 Å². The molecule has 3 aliphatic rings. The van der Waals surface area contributed by atoms with Crippen molar-refractivity contribution in [2.24, 2.45) is 0 Å². The van der Waals surface area contributed by atoms with Crippen molar-refractivity contribution in [1.29, 1.82) is 0 Å². The van der Waals surface area contributed by atoms with Crippen LogP contribution in [0.25, 0.3) is 0 Å². The van der Waals surface area contributed by atoms with Gasteiger partial charge in [0.2, 0.25) is 17.6 Å². The summed E-state index contributed by atoms with van der Waals surface area (Å²) >= 11 is -2.05. The summed E-state index contributed by atoms with van der Waals surface area (Å²) in [5, 5.41) is 2.30. The van der Waals surface area contributed by atoms with E-state index in [4.69, 9.17) is 4.74 Å². The van der Waals surface area contributed by atoms with Crippen LogP contribution in [0.15, 0.2) is 42.5 Å². The van der Waals surface area contributed by atoms with Crippen LogP contribution < -0.4 is 10.1 Å². The van der Waals surface area contributed by atoms with Gasteiger partial charge in [0.1, 0.15) is 18.4 Å². The minimum absolute atomic E-state index is 0.189. The molecule has 3 aliphatic heterocycles. The topological polar surface area (TPSA) is 105 Å². The van der Waals surface area contributed by atoms with Crippen LogP contribution in [-0.2, 0) is 40.6 Å². The van der Waals surface area contributed by atoms with Crippen LogP contribution in [0, 0.1) is 0 Å². The fourth-order valence-electron chi connectivity index (χ4n) is 5.18. The smallest absolute Gasteiger partial charge is 0.435 e. The first kappa shape index (κ1) is 28.4. The Kier molecular flexibility index (Phi) is 8.36. The Bertz CT molecular complexity index is 1270. The Labute approximate surface area is 232 Å². The molecule has 5 rings (SSSR count). The quantitative estimate of drug-likeness (QED) is 0.379. The molecule has 0 radical (unpaired) electrons. The molecule has 0 spiro atoms. The number of nitrogens with one attached hydrogen (secondary N) is 1. The van der Waals surface area contributed by atoms with Crippen LogP contribution in [-0.4, -0.2) is 80.5 Å². The second-order valence-corrected chi connectivity index (χ2v) is 11.5. The Morgan fingerprint density at radius 1 is 1.00 bits per heavy atom. The maximum Gasteiger partial charge on any atom is 0.435 e. The van der Waals surface area contributed by atoms with Gasteiger partial charge < -0.3 is 14.2 Å². The highest BCUT2D eigenvalue weighted by molar-refractivity contribution is 7.89. The Balaban J connectivity index is 1.13. The molecular formula is C27H29F3N4O5S. The number of carbonyl (C=O) groups is 3. The molecule has 9 nitrogen and oxygen atoms in total. The average Bonchev–Trinajstić information content (AvgIpc) is 3.24. The zero-order chi connectivity index (χ0) is 28.4. The summed E-state index contributed by atoms with van der Waals surface area (Å²) in [6, 6.07) is 12.4. The van der Waals surface area contributed by atoms with E-state index < -0.39 is 35.2 Å². The van der Waals surface area contributed by atoms with Gasteiger partial charge in [0.15, 0.2) is 0 Å². The van der Waals surface area contributed by atoms with Crippen molar-refractivity contribution in [3.63, 3.8) is 0 Å². The van der Waals surface area contributed by atoms with Gasteiger partial charge in [-0.3, -0.25) is 24.6 Å². The summed E-state index contributed by atoms with van der Waals surface area (Å²) in [5.41, 5.74) is 3.16. The molecule has 0 bridgehead atoms. The highest BCUT2D eigenvalue weighted by Gasteiger charge is 2.40. The summed E-state index contributed by atoms with van der Waals surface area (Å²) in [7, 11) is 0. The molecule has 214 valence electrons. The lowest BCUT2D eigenvalue weighted by Gasteiger charge is -2.34. The molecule has 40 heavy (non-hydrogen) atoms. The summed E-state index contributed by atoms with van der Waals surface area (Å²) < 4.78 is 56.9. The number of nitrogens with zero attached hydrogens (tertiary/aromatic N) is 3. The first-order chi connectivity index (χ1) is 19.1. The van der Waals surface area contributed by atoms with E-state index in [0.29, 0.717) is 56.0 Å². The van der Waals surface area contributed by atoms with E-state index in [1.165, 1.54) is 9.21 Å². The minimum atomic E-state index is -4.44. The molecule has 2 aromatic rings. The summed E-state index contributed by atoms with van der Waals surface area (Å²) in [6.07, 6.45) is -3.96. The van der Waals surface area contributed by atoms with Crippen molar-refractivity contribution < 1.29 is 36.8 Å². The number of alkyl halides is 3. The first-order valence-electron chi connectivity index (χ1n) is 13.0. The van der Waals surface area contributed by atoms with Gasteiger partial charge >= 0.3 is 6.18 Å². The molecule has 0 saturated carbocycles. The van der Waals surface area contributed by atoms with Gasteiger partial charge in [-0.05, 0) is 29.7 Å². The Morgan fingerprint density at radius 3 is 2.38 bits per heavy atom. The number of hydrogen-bond donors (Lipinski definition) is 1. The van der Waals surface area contributed by atoms with Gasteiger partial charge in [0.25, 0.3) is 5.91 Å². The Hall–Kier alpha value is -3.13. The number of amides is 3. The van der Waals surface area contributed by atoms with Crippen LogP contribution >= 0.6 is 0 Å². The number of benzene rings is 2. The fourth-order valence-corrected chi connectivity index (χ4v) is 6.21. The predicted molar refractivity (Wildman–Crippen MR) is 139 cm³/mol. The summed E-state index contributed by atoms with van der Waals surface area (Å²) in [4.78, 5) is 40.4. The van der Waals surface area contributed by atoms with Crippen LogP contribution in [0.3, 0.4) is 0 Å². The molecule has 2 aromatic carbocycles. The van der Waals surface area contributed by atoms with Crippen molar-refractivity contribution in [2.75, 3.05) is 31.9 Å². The lowest BCUT2D eigenvalue weighted by molar-refractivity contribution is -0.137. The number of fused-ring (bicyclic) bond motifs is 1. The zero-order valence-electron chi connectivity index (χ0n) is 21.6. The number of carbonyl (C=O) groups excluding carboxylic acids is 3. The van der Waals surface area contributed by atoms with Gasteiger partial charge in [0.05, 0.1) is 19.6 Å². The Morgan fingerprint density at radius 2 is 1.70 bits per heavy atom. The lowest BCUT2D eigenvalue weighted by Crippen LogP contribution is -2.52. The maximum absolute atomic E-state index is 13.0. The standard InChI is InChI=1S/C27H29F3N4O5S/c28-27(29,30)17-40(38)33-12-10-32(11-13-33)14-18-4-6-19(7-5-18)16-39-23-3-1-2-20-21(23)15-34(26(20)37)22-8-9-24(35)31-25(22)36/h1-7,22H,8-17H2,(H,31,35,36)/t22?,40-/m0/s1. The third kappa shape index (κ3) is 6.60. The molecule has 0 aromatic heterocycles. The van der Waals surface area contributed by atoms with Gasteiger partial charge in [-0.15, -0.1) is 4.31 Å². The minimum Gasteiger partial charge on any atom is -0.598 e. The molecular weight excluding hydrogens is 549 g/mol. The van der Waals surface area contributed by atoms with Crippen LogP contribution in [0.5, 0.6) is 5.75 Å². The van der Waals surface area contributed by atoms with E-state index in [2.05, 4.69) is 10.2 Å². The molecule has 2 atom stereocenters. The van der Waals surface area contributed by atoms with E-state index in [1.54, 1.807) is 18.2 Å². The number of imide groups is 1. The second kappa shape index (κ2) is 11.8. The van der Waals surface area contributed by atoms with Gasteiger partial charge in [-0.25, -0.2) is 0 Å². The number of ether oxygens (including phenoxy) is 1. The molecule has 1 unspecified atom stereocenters. The molecule has 0 aliphatic carbocycles. The van der Waals surface area contributed by atoms with E-state index in [-0.39, 0.29) is 31.4 Å². The van der Waals surface area contributed by atoms with Crippen molar-refractivity contribution in [1.82, 2.24) is 19.4 Å². The lowest BCUT2D eigenvalue weighted by atomic mass is 10.0. The third-order valence-electron chi connectivity index (χ3n) is 7.27. The van der Waals surface area contributed by atoms with E-state index in [0.717, 1.165) is 11.1 Å². The van der Waals surface area contributed by atoms with Crippen molar-refractivity contribution in [3.8, 4) is 5.75 Å². The van der Waals surface area contributed by atoms with Crippen LogP contribution in [0.2, 0.25) is 0 Å². The maximum atomic E-state index is 13.0. The molecule has 3 heterocycles. The highest BCUT2D eigenvalue weighted by Crippen LogP contribution is 2.34. The molecule has 2 saturated heterocycles. The molecule has 1 N–H and O–H groups in total. The van der Waals surface area contributed by atoms with Gasteiger partial charge in [0, 0.05) is 48.5 Å². The third-order valence-corrected chi connectivity index (χ3v) is 8.78. The SMILES string of the molecule is O=C1CCC(N2Cc3c(OCc4ccc(CN5CCN([S@@+]([O-])CC(F)(F)F)CC5)cc4)cccc3C2=O)C(=O)N1. The molecule has 2 fully saturated rings. The van der Waals surface area contributed by atoms with Crippen molar-refractivity contribution in [3.05, 3.63) is 64.7 Å². The monoisotopic (exact) mass is 578 g/mol. The average molecular weight is 579 g/mol. The predicted octanol–water partition coefficient (Wildman–Crippen LogP) is 2.37. The first-order valence-corrected chi connectivity index (χ1v) is 14.2. The van der Waals surface area contributed by atoms with E-state index in [1.807, 2.05) is 24.3 Å². The summed E-state index contributed by atoms with van der Waals surface area (Å²) in [6.45, 7) is 2.83. The second-order valence-electron chi connectivity index (χ2n) is 10.1. The zero-order valence-corrected chi connectivity index (χ0v) is 22.4. The van der Waals surface area contributed by atoms with Crippen molar-refractivity contribution in [2.45, 2.75) is 44.8 Å². The number of rotatable bonds is 8. The normalized spacial score (nSPS) is 21.4. The van der Waals surface area contributed by atoms with E-state index in [9.17, 15) is 32.1 Å². The van der Waals surface area contributed by atoms with Gasteiger partial charge in [-0.1, -0.05) is 30.3 Å². The van der Waals surface area contributed by atoms with Crippen LogP contribution in [0.4, 0.5) is 13.2 Å². The van der Waals surface area contributed by atoms with Crippen molar-refractivity contribution >= 4 is 29.1 Å². The fraction of sp³-hybridized carbons (Fsp3) is 0.444. The highest BCUT2D eigenvalue weighted by atomic mass is 32.2. The number of piperidine rings is 1. The van der Waals surface area contributed by atoms with Gasteiger partial charge in [-0.2, -0.15) is 13.2 Å². The number of hydrogen-bond acceptors (Lipinski definition) is 7. The molecule has 13 heteroatoms. The largest absolute Gasteiger partial charge is 0.598 e. The van der Waals surface area contributed by atoms with Crippen LogP contribution in [0.1, 0.15) is 39.9 Å².